The van der Waals surface area contributed by atoms with Gasteiger partial charge in [0, 0.05) is 13.1 Å². The first-order valence-corrected chi connectivity index (χ1v) is 8.92. The summed E-state index contributed by atoms with van der Waals surface area (Å²) in [6.45, 7) is 4.97. The Hall–Kier alpha value is -2.70. The summed E-state index contributed by atoms with van der Waals surface area (Å²) < 4.78 is 17.8. The predicted octanol–water partition coefficient (Wildman–Crippen LogP) is 2.55. The van der Waals surface area contributed by atoms with Crippen LogP contribution in [0.2, 0.25) is 0 Å². The third kappa shape index (κ3) is 2.87. The van der Waals surface area contributed by atoms with Crippen molar-refractivity contribution >= 4 is 11.2 Å². The van der Waals surface area contributed by atoms with Gasteiger partial charge >= 0.3 is 5.69 Å². The van der Waals surface area contributed by atoms with Gasteiger partial charge in [-0.25, -0.2) is 18.7 Å². The summed E-state index contributed by atoms with van der Waals surface area (Å²) in [7, 11) is 0. The zero-order valence-corrected chi connectivity index (χ0v) is 14.9. The van der Waals surface area contributed by atoms with Crippen LogP contribution in [0.15, 0.2) is 40.2 Å². The molecule has 2 aromatic heterocycles. The summed E-state index contributed by atoms with van der Waals surface area (Å²) in [4.78, 5) is 30.4. The highest BCUT2D eigenvalue weighted by Gasteiger charge is 2.25. The van der Waals surface area contributed by atoms with E-state index in [1.165, 1.54) is 33.4 Å². The van der Waals surface area contributed by atoms with Crippen molar-refractivity contribution in [2.75, 3.05) is 0 Å². The van der Waals surface area contributed by atoms with Gasteiger partial charge in [-0.2, -0.15) is 0 Å². The third-order valence-electron chi connectivity index (χ3n) is 4.68. The van der Waals surface area contributed by atoms with Crippen molar-refractivity contribution < 1.29 is 4.39 Å². The molecule has 0 radical (unpaired) electrons. The SMILES string of the molecule is CC(C)Cn1c(=O)c2c(ncn2CC2CC2)n(-c2ccc(F)cc2)c1=O. The molecule has 0 spiro atoms. The van der Waals surface area contributed by atoms with Gasteiger partial charge in [-0.15, -0.1) is 0 Å². The van der Waals surface area contributed by atoms with Crippen LogP contribution in [0.3, 0.4) is 0 Å². The van der Waals surface area contributed by atoms with Crippen LogP contribution in [0.5, 0.6) is 0 Å². The molecule has 1 aromatic carbocycles. The topological polar surface area (TPSA) is 61.8 Å². The Kier molecular flexibility index (Phi) is 4.01. The number of rotatable bonds is 5. The van der Waals surface area contributed by atoms with Crippen LogP contribution < -0.4 is 11.2 Å². The van der Waals surface area contributed by atoms with Gasteiger partial charge in [-0.3, -0.25) is 9.36 Å². The molecule has 3 aromatic rings. The number of hydrogen-bond acceptors (Lipinski definition) is 3. The average Bonchev–Trinajstić information content (AvgIpc) is 3.32. The molecule has 1 aliphatic carbocycles. The molecule has 0 N–H and O–H groups in total. The minimum atomic E-state index is -0.445. The number of nitrogens with zero attached hydrogens (tertiary/aromatic N) is 4. The Morgan fingerprint density at radius 2 is 1.88 bits per heavy atom. The van der Waals surface area contributed by atoms with Crippen LogP contribution in [0, 0.1) is 17.7 Å². The molecule has 1 aliphatic rings. The number of benzene rings is 1. The van der Waals surface area contributed by atoms with E-state index < -0.39 is 5.69 Å². The van der Waals surface area contributed by atoms with E-state index >= 15 is 0 Å². The predicted molar refractivity (Wildman–Crippen MR) is 97.1 cm³/mol. The van der Waals surface area contributed by atoms with Crippen LogP contribution in [0.1, 0.15) is 26.7 Å². The van der Waals surface area contributed by atoms with Gasteiger partial charge in [0.05, 0.1) is 12.0 Å². The molecule has 4 rings (SSSR count). The number of hydrogen-bond donors (Lipinski definition) is 0. The molecule has 0 atom stereocenters. The maximum absolute atomic E-state index is 13.3. The van der Waals surface area contributed by atoms with Crippen molar-refractivity contribution in [2.45, 2.75) is 39.8 Å². The Morgan fingerprint density at radius 3 is 2.50 bits per heavy atom. The Bertz CT molecular complexity index is 1070. The third-order valence-corrected chi connectivity index (χ3v) is 4.68. The summed E-state index contributed by atoms with van der Waals surface area (Å²) in [5, 5.41) is 0. The fourth-order valence-corrected chi connectivity index (χ4v) is 3.25. The van der Waals surface area contributed by atoms with E-state index in [-0.39, 0.29) is 17.3 Å². The van der Waals surface area contributed by atoms with Crippen LogP contribution >= 0.6 is 0 Å². The Labute approximate surface area is 149 Å². The molecule has 2 heterocycles. The maximum Gasteiger partial charge on any atom is 0.337 e. The van der Waals surface area contributed by atoms with Crippen LogP contribution in [0.25, 0.3) is 16.9 Å². The second kappa shape index (κ2) is 6.23. The summed E-state index contributed by atoms with van der Waals surface area (Å²) >= 11 is 0. The summed E-state index contributed by atoms with van der Waals surface area (Å²) in [6, 6.07) is 5.65. The fraction of sp³-hybridized carbons (Fsp3) is 0.421. The van der Waals surface area contributed by atoms with Gasteiger partial charge in [-0.1, -0.05) is 13.8 Å². The Balaban J connectivity index is 2.02. The van der Waals surface area contributed by atoms with Crippen molar-refractivity contribution in [3.05, 3.63) is 57.2 Å². The van der Waals surface area contributed by atoms with Gasteiger partial charge in [-0.05, 0) is 48.9 Å². The lowest BCUT2D eigenvalue weighted by molar-refractivity contribution is 0.488. The van der Waals surface area contributed by atoms with Gasteiger partial charge in [0.2, 0.25) is 0 Å². The monoisotopic (exact) mass is 356 g/mol. The van der Waals surface area contributed by atoms with Crippen molar-refractivity contribution in [2.24, 2.45) is 11.8 Å². The zero-order valence-electron chi connectivity index (χ0n) is 14.9. The van der Waals surface area contributed by atoms with Crippen LogP contribution in [0.4, 0.5) is 4.39 Å². The number of aromatic nitrogens is 4. The molecule has 136 valence electrons. The van der Waals surface area contributed by atoms with E-state index in [1.807, 2.05) is 18.4 Å². The molecular weight excluding hydrogens is 335 g/mol. The number of halogens is 1. The second-order valence-corrected chi connectivity index (χ2v) is 7.42. The molecule has 0 aliphatic heterocycles. The highest BCUT2D eigenvalue weighted by atomic mass is 19.1. The molecule has 0 bridgehead atoms. The average molecular weight is 356 g/mol. The molecule has 7 heteroatoms. The van der Waals surface area contributed by atoms with Crippen molar-refractivity contribution in [3.8, 4) is 5.69 Å². The first-order chi connectivity index (χ1) is 12.5. The summed E-state index contributed by atoms with van der Waals surface area (Å²) in [5.74, 6) is 0.323. The van der Waals surface area contributed by atoms with E-state index in [1.54, 1.807) is 6.33 Å². The highest BCUT2D eigenvalue weighted by Crippen LogP contribution is 2.31. The van der Waals surface area contributed by atoms with Crippen LogP contribution in [-0.4, -0.2) is 18.7 Å². The van der Waals surface area contributed by atoms with E-state index in [0.717, 1.165) is 19.4 Å². The standard InChI is InChI=1S/C19H21FN4O2/c1-12(2)9-23-18(25)16-17(21-11-22(16)10-13-3-4-13)24(19(23)26)15-7-5-14(20)6-8-15/h5-8,11-13H,3-4,9-10H2,1-2H3. The zero-order chi connectivity index (χ0) is 18.4. The van der Waals surface area contributed by atoms with E-state index in [4.69, 9.17) is 0 Å². The Morgan fingerprint density at radius 1 is 1.19 bits per heavy atom. The van der Waals surface area contributed by atoms with Crippen molar-refractivity contribution in [1.82, 2.24) is 18.7 Å². The summed E-state index contributed by atoms with van der Waals surface area (Å²) in [6.07, 6.45) is 3.93. The molecule has 26 heavy (non-hydrogen) atoms. The number of imidazole rings is 1. The van der Waals surface area contributed by atoms with Gasteiger partial charge in [0.25, 0.3) is 5.56 Å². The first-order valence-electron chi connectivity index (χ1n) is 8.92. The summed E-state index contributed by atoms with van der Waals surface area (Å²) in [5.41, 5.74) is 0.499. The maximum atomic E-state index is 13.3. The van der Waals surface area contributed by atoms with E-state index in [2.05, 4.69) is 4.98 Å². The van der Waals surface area contributed by atoms with Gasteiger partial charge < -0.3 is 4.57 Å². The van der Waals surface area contributed by atoms with Crippen molar-refractivity contribution in [1.29, 1.82) is 0 Å². The number of fused-ring (bicyclic) bond motifs is 1. The van der Waals surface area contributed by atoms with Gasteiger partial charge in [0.1, 0.15) is 5.82 Å². The quantitative estimate of drug-likeness (QED) is 0.706. The molecule has 0 amide bonds. The van der Waals surface area contributed by atoms with Gasteiger partial charge in [0.15, 0.2) is 11.2 Å². The fourth-order valence-electron chi connectivity index (χ4n) is 3.25. The lowest BCUT2D eigenvalue weighted by atomic mass is 10.2. The molecule has 1 fully saturated rings. The van der Waals surface area contributed by atoms with Crippen LogP contribution in [-0.2, 0) is 13.1 Å². The molecule has 1 saturated carbocycles. The minimum Gasteiger partial charge on any atom is -0.324 e. The lowest BCUT2D eigenvalue weighted by Gasteiger charge is -2.14. The largest absolute Gasteiger partial charge is 0.337 e. The highest BCUT2D eigenvalue weighted by molar-refractivity contribution is 5.72. The second-order valence-electron chi connectivity index (χ2n) is 7.42. The molecule has 0 unspecified atom stereocenters. The smallest absolute Gasteiger partial charge is 0.324 e. The van der Waals surface area contributed by atoms with Crippen molar-refractivity contribution in [3.63, 3.8) is 0 Å². The van der Waals surface area contributed by atoms with E-state index in [9.17, 15) is 14.0 Å². The minimum absolute atomic E-state index is 0.138. The lowest BCUT2D eigenvalue weighted by Crippen LogP contribution is -2.41. The molecule has 0 saturated heterocycles. The van der Waals surface area contributed by atoms with E-state index in [0.29, 0.717) is 29.3 Å². The first kappa shape index (κ1) is 16.8. The molecule has 6 nitrogen and oxygen atoms in total. The normalized spacial score (nSPS) is 14.5. The molecular formula is C19H21FN4O2.